The molecular formula is C95H90Cl2F5N15O10S6. The van der Waals surface area contributed by atoms with Gasteiger partial charge in [0.2, 0.25) is 0 Å². The Morgan fingerprint density at radius 2 is 0.714 bits per heavy atom. The molecule has 0 amide bonds. The zero-order chi connectivity index (χ0) is 93.3. The fourth-order valence-electron chi connectivity index (χ4n) is 17.7. The van der Waals surface area contributed by atoms with Gasteiger partial charge in [-0.15, -0.1) is 68.0 Å². The van der Waals surface area contributed by atoms with E-state index in [1.807, 2.05) is 45.6 Å². The molecule has 0 bridgehead atoms. The van der Waals surface area contributed by atoms with Crippen LogP contribution in [0.15, 0.2) is 230 Å². The van der Waals surface area contributed by atoms with E-state index in [-0.39, 0.29) is 60.1 Å². The molecule has 4 aromatic carbocycles. The molecule has 6 aromatic heterocycles. The Balaban J connectivity index is 0.000000121. The summed E-state index contributed by atoms with van der Waals surface area (Å²) in [4.78, 5) is 121. The van der Waals surface area contributed by atoms with Gasteiger partial charge in [-0.1, -0.05) is 59.6 Å². The van der Waals surface area contributed by atoms with Gasteiger partial charge in [0.25, 0.3) is 0 Å². The minimum atomic E-state index is -0.961. The SMILES string of the molecule is CCOC(=O)C1=C2CCCN2C(c2nccs2)=NC1(C)c1ccc(F)cc1.CCOC(=O)C1=C2CCCN2C(c2nccs2)=NC1c1cc(Cl)sc1Cl.CCOC(=O)C1=C2CCCN2C(c2nccs2)=NC1c1ccc(F)cc1.CCOC(=O)C1=C2CCCN2C(c2nccs2)=NC1c1ccc(F)cc1C.CCOC(=O)C1=C2CCCN2C(c2nccs2)=NC1c1ccc(F)cc1F. The van der Waals surface area contributed by atoms with Crippen LogP contribution >= 0.6 is 91.2 Å². The van der Waals surface area contributed by atoms with Crippen molar-refractivity contribution < 1.29 is 69.6 Å². The minimum absolute atomic E-state index is 0.146. The molecule has 16 heterocycles. The van der Waals surface area contributed by atoms with E-state index >= 15 is 0 Å². The maximum absolute atomic E-state index is 14.6. The summed E-state index contributed by atoms with van der Waals surface area (Å²) in [6.45, 7) is 17.9. The van der Waals surface area contributed by atoms with Crippen molar-refractivity contribution in [1.82, 2.24) is 49.4 Å². The van der Waals surface area contributed by atoms with Crippen LogP contribution in [0.5, 0.6) is 0 Å². The molecule has 25 nitrogen and oxygen atoms in total. The van der Waals surface area contributed by atoms with Crippen LogP contribution in [-0.2, 0) is 53.2 Å². The van der Waals surface area contributed by atoms with Crippen LogP contribution in [0.1, 0.15) is 188 Å². The molecule has 10 aromatic rings. The molecule has 5 saturated heterocycles. The first-order chi connectivity index (χ1) is 64.5. The summed E-state index contributed by atoms with van der Waals surface area (Å²) in [7, 11) is 0. The van der Waals surface area contributed by atoms with Gasteiger partial charge in [-0.3, -0.25) is 20.0 Å². The van der Waals surface area contributed by atoms with Crippen molar-refractivity contribution in [2.45, 2.75) is 142 Å². The number of nitrogens with zero attached hydrogens (tertiary/aromatic N) is 15. The minimum Gasteiger partial charge on any atom is -0.463 e. The highest BCUT2D eigenvalue weighted by atomic mass is 35.5. The number of benzene rings is 4. The number of hydrogen-bond acceptors (Lipinski definition) is 31. The molecule has 20 rings (SSSR count). The Morgan fingerprint density at radius 3 is 1.08 bits per heavy atom. The largest absolute Gasteiger partial charge is 0.463 e. The molecule has 133 heavy (non-hydrogen) atoms. The quantitative estimate of drug-likeness (QED) is 0.0389. The van der Waals surface area contributed by atoms with Crippen molar-refractivity contribution in [1.29, 1.82) is 0 Å². The van der Waals surface area contributed by atoms with E-state index in [4.69, 9.17) is 66.9 Å². The maximum Gasteiger partial charge on any atom is 0.338 e. The van der Waals surface area contributed by atoms with E-state index in [2.05, 4.69) is 49.5 Å². The molecule has 38 heteroatoms. The van der Waals surface area contributed by atoms with Crippen LogP contribution < -0.4 is 0 Å². The molecule has 5 fully saturated rings. The molecule has 10 aliphatic rings. The van der Waals surface area contributed by atoms with Crippen LogP contribution in [0.25, 0.3) is 0 Å². The van der Waals surface area contributed by atoms with Crippen molar-refractivity contribution >= 4 is 150 Å². The van der Waals surface area contributed by atoms with Gasteiger partial charge in [-0.25, -0.2) is 75.8 Å². The fourth-order valence-corrected chi connectivity index (χ4v) is 22.4. The third-order valence-corrected chi connectivity index (χ3v) is 28.6. The molecule has 690 valence electrons. The summed E-state index contributed by atoms with van der Waals surface area (Å²) >= 11 is 21.3. The maximum atomic E-state index is 14.6. The van der Waals surface area contributed by atoms with Crippen molar-refractivity contribution in [2.24, 2.45) is 25.0 Å². The highest BCUT2D eigenvalue weighted by Crippen LogP contribution is 2.50. The van der Waals surface area contributed by atoms with Gasteiger partial charge in [0, 0.05) is 136 Å². The highest BCUT2D eigenvalue weighted by molar-refractivity contribution is 7.20. The molecule has 0 spiro atoms. The predicted molar refractivity (Wildman–Crippen MR) is 504 cm³/mol. The molecule has 10 aliphatic heterocycles. The highest BCUT2D eigenvalue weighted by Gasteiger charge is 2.49. The normalized spacial score (nSPS) is 19.8. The average molecular weight is 1960 g/mol. The first kappa shape index (κ1) is 94.6. The Bertz CT molecular complexity index is 6190. The average Bonchev–Trinajstić information content (AvgIpc) is 1.70. The zero-order valence-electron chi connectivity index (χ0n) is 73.3. The summed E-state index contributed by atoms with van der Waals surface area (Å²) in [5.41, 5.74) is 10.1. The summed E-state index contributed by atoms with van der Waals surface area (Å²) in [5.74, 6) is -0.598. The number of carbonyl (C=O) groups is 5. The number of allylic oxidation sites excluding steroid dienone is 5. The Hall–Kier alpha value is -11.6. The van der Waals surface area contributed by atoms with Crippen molar-refractivity contribution in [3.63, 3.8) is 0 Å². The van der Waals surface area contributed by atoms with Crippen LogP contribution in [0, 0.1) is 36.0 Å². The summed E-state index contributed by atoms with van der Waals surface area (Å²) in [6.07, 6.45) is 17.1. The van der Waals surface area contributed by atoms with E-state index < -0.39 is 47.3 Å². The predicted octanol–water partition coefficient (Wildman–Crippen LogP) is 20.3. The molecule has 0 saturated carbocycles. The third-order valence-electron chi connectivity index (χ3n) is 23.3. The summed E-state index contributed by atoms with van der Waals surface area (Å²) in [5, 5.41) is 13.5. The van der Waals surface area contributed by atoms with Crippen molar-refractivity contribution in [3.05, 3.63) is 301 Å². The second-order valence-corrected chi connectivity index (χ2v) is 38.0. The number of halogens is 7. The van der Waals surface area contributed by atoms with Crippen LogP contribution in [0.4, 0.5) is 22.0 Å². The first-order valence-corrected chi connectivity index (χ1v) is 49.5. The van der Waals surface area contributed by atoms with Gasteiger partial charge in [-0.05, 0) is 183 Å². The van der Waals surface area contributed by atoms with Gasteiger partial charge in [0.05, 0.1) is 65.2 Å². The second-order valence-electron chi connectivity index (χ2n) is 31.3. The van der Waals surface area contributed by atoms with Crippen LogP contribution in [0.3, 0.4) is 0 Å². The van der Waals surface area contributed by atoms with Crippen molar-refractivity contribution in [3.8, 4) is 0 Å². The lowest BCUT2D eigenvalue weighted by atomic mass is 9.82. The third kappa shape index (κ3) is 19.9. The number of aliphatic imine (C=N–C) groups is 5. The van der Waals surface area contributed by atoms with E-state index in [1.165, 1.54) is 117 Å². The number of rotatable bonds is 20. The Labute approximate surface area is 797 Å². The number of hydrogen-bond donors (Lipinski definition) is 0. The molecule has 0 N–H and O–H groups in total. The number of fused-ring (bicyclic) bond motifs is 5. The lowest BCUT2D eigenvalue weighted by Crippen LogP contribution is -2.42. The molecule has 0 radical (unpaired) electrons. The number of thiazole rings is 5. The van der Waals surface area contributed by atoms with Crippen LogP contribution in [0.2, 0.25) is 8.67 Å². The van der Waals surface area contributed by atoms with E-state index in [0.29, 0.717) is 80.2 Å². The molecule has 0 aliphatic carbocycles. The van der Waals surface area contributed by atoms with Crippen LogP contribution in [-0.4, -0.2) is 174 Å². The molecule has 5 atom stereocenters. The topological polar surface area (TPSA) is 274 Å². The lowest BCUT2D eigenvalue weighted by molar-refractivity contribution is -0.140. The molecule has 5 unspecified atom stereocenters. The standard InChI is InChI=1S/2C20H20FN3O2S.C19H17F2N3O2S.C19H18FN3O2S.C17H15Cl2N3O2S2/c1-3-26-19(25)16-15-5-4-11-24(15)17(18-22-10-12-27-18)23-20(16,2)13-6-8-14(21)9-7-13;1-3-26-20(25)16-15-5-4-9-24(15)18(19-22-8-10-27-19)23-17(16)14-7-6-13(21)11-12(14)2;1-2-26-19(25)15-14-4-3-8-24(14)17(18-22-7-9-27-18)23-16(15)12-6-5-11(20)10-13(12)21;1-2-25-19(24)15-14-4-3-10-23(14)17(18-21-9-11-26-18)22-16(15)12-5-7-13(20)8-6-12;1-2-24-17(23)12-10-4-3-6-22(10)15(16-20-5-7-25-16)21-13(12)9-8-11(18)26-14(9)19/h6-10,12H,3-5,11H2,1-2H3;6-8,10-11,17H,3-5,9H2,1-2H3;5-7,9-10,16H,2-4,8H2,1H3;5-9,11,16H,2-4,10H2,1H3;5,7-8,13H,2-4,6H2,1H3. The van der Waals surface area contributed by atoms with Crippen molar-refractivity contribution in [2.75, 3.05) is 65.8 Å². The Kier molecular flexibility index (Phi) is 30.1. The smallest absolute Gasteiger partial charge is 0.338 e. The second kappa shape index (κ2) is 42.3. The zero-order valence-corrected chi connectivity index (χ0v) is 79.7. The van der Waals surface area contributed by atoms with E-state index in [1.54, 1.807) is 102 Å². The number of aryl methyl sites for hydroxylation is 1. The Morgan fingerprint density at radius 1 is 0.391 bits per heavy atom. The number of ether oxygens (including phenoxy) is 5. The number of carbonyl (C=O) groups excluding carboxylic acids is 5. The van der Waals surface area contributed by atoms with Gasteiger partial charge < -0.3 is 48.2 Å². The van der Waals surface area contributed by atoms with Gasteiger partial charge in [0.1, 0.15) is 63.1 Å². The summed E-state index contributed by atoms with van der Waals surface area (Å²) < 4.78 is 96.2. The van der Waals surface area contributed by atoms with Gasteiger partial charge in [-0.2, -0.15) is 0 Å². The van der Waals surface area contributed by atoms with Gasteiger partial charge in [0.15, 0.2) is 54.2 Å². The number of thiophene rings is 1. The number of aromatic nitrogens is 5. The first-order valence-electron chi connectivity index (χ1n) is 43.5. The molecular weight excluding hydrogens is 1870 g/mol. The number of amidine groups is 5. The summed E-state index contributed by atoms with van der Waals surface area (Å²) in [6, 6.07) is 19.5. The van der Waals surface area contributed by atoms with E-state index in [9.17, 15) is 45.9 Å². The van der Waals surface area contributed by atoms with Gasteiger partial charge >= 0.3 is 29.8 Å². The number of esters is 5. The lowest BCUT2D eigenvalue weighted by Gasteiger charge is -2.38. The van der Waals surface area contributed by atoms with E-state index in [0.717, 1.165) is 190 Å². The fraction of sp³-hybridized carbons (Fsp3) is 0.337. The monoisotopic (exact) mass is 1960 g/mol.